The van der Waals surface area contributed by atoms with Crippen LogP contribution in [-0.2, 0) is 50.7 Å². The van der Waals surface area contributed by atoms with E-state index in [1.807, 2.05) is 0 Å². The Labute approximate surface area is 368 Å². The molecular formula is C35H60N7O17P3S. The molecule has 7 atom stereocenters. The number of aliphatic hydroxyl groups is 2. The van der Waals surface area contributed by atoms with E-state index in [4.69, 9.17) is 19.5 Å². The second kappa shape index (κ2) is 25.9. The summed E-state index contributed by atoms with van der Waals surface area (Å²) in [6, 6.07) is 0. The highest BCUT2D eigenvalue weighted by atomic mass is 32.2. The van der Waals surface area contributed by atoms with Crippen LogP contribution in [0.1, 0.15) is 97.6 Å². The summed E-state index contributed by atoms with van der Waals surface area (Å²) in [7, 11) is -16.4. The number of aliphatic hydroxyl groups excluding tert-OH is 2. The topological polar surface area (TPSA) is 364 Å². The number of ether oxygens (including phenoxy) is 1. The van der Waals surface area contributed by atoms with Gasteiger partial charge in [-0.3, -0.25) is 32.5 Å². The summed E-state index contributed by atoms with van der Waals surface area (Å²) in [5.74, 6) is -1.03. The quantitative estimate of drug-likeness (QED) is 0.0308. The SMILES string of the molecule is CC/C=C\CCCCCCCCCC(=O)SCCNC(=O)CCNC(=O)[C@H](O)C(C)(C)COP(=O)(O)OP(=O)(O)OC[C@H]1O[C@@H](n2cnc3c(N)ncnc32)[C@H](O)[C@@H]1OP(=O)(O)O. The van der Waals surface area contributed by atoms with Gasteiger partial charge in [-0.05, 0) is 25.7 Å². The highest BCUT2D eigenvalue weighted by Gasteiger charge is 2.50. The second-order valence-corrected chi connectivity index (χ2v) is 20.6. The molecule has 3 rings (SSSR count). The maximum Gasteiger partial charge on any atom is 0.481 e. The van der Waals surface area contributed by atoms with Crippen molar-refractivity contribution >= 4 is 69.1 Å². The van der Waals surface area contributed by atoms with Gasteiger partial charge in [-0.15, -0.1) is 0 Å². The number of imidazole rings is 1. The van der Waals surface area contributed by atoms with Crippen molar-refractivity contribution in [2.24, 2.45) is 5.41 Å². The highest BCUT2D eigenvalue weighted by molar-refractivity contribution is 8.13. The Hall–Kier alpha value is -2.70. The molecule has 2 aromatic rings. The summed E-state index contributed by atoms with van der Waals surface area (Å²) in [4.78, 5) is 88.1. The van der Waals surface area contributed by atoms with Crippen LogP contribution >= 0.6 is 35.2 Å². The molecule has 1 aliphatic heterocycles. The van der Waals surface area contributed by atoms with Gasteiger partial charge in [0.1, 0.15) is 36.3 Å². The third kappa shape index (κ3) is 19.4. The van der Waals surface area contributed by atoms with Gasteiger partial charge in [0.25, 0.3) is 0 Å². The number of nitrogen functional groups attached to an aromatic ring is 1. The number of anilines is 1. The van der Waals surface area contributed by atoms with Crippen molar-refractivity contribution in [3.8, 4) is 0 Å². The fraction of sp³-hybridized carbons (Fsp3) is 0.714. The Kier molecular flexibility index (Phi) is 22.4. The Bertz CT molecular complexity index is 1970. The largest absolute Gasteiger partial charge is 0.481 e. The van der Waals surface area contributed by atoms with Gasteiger partial charge in [0.05, 0.1) is 19.5 Å². The van der Waals surface area contributed by atoms with Crippen molar-refractivity contribution < 1.29 is 80.5 Å². The summed E-state index contributed by atoms with van der Waals surface area (Å²) in [5.41, 5.74) is 4.28. The summed E-state index contributed by atoms with van der Waals surface area (Å²) in [5, 5.41) is 26.6. The first kappa shape index (κ1) is 54.6. The summed E-state index contributed by atoms with van der Waals surface area (Å²) < 4.78 is 62.3. The van der Waals surface area contributed by atoms with Gasteiger partial charge in [-0.25, -0.2) is 28.6 Å². The molecular weight excluding hydrogens is 915 g/mol. The number of phosphoric ester groups is 3. The van der Waals surface area contributed by atoms with E-state index in [9.17, 15) is 57.9 Å². The molecule has 63 heavy (non-hydrogen) atoms. The van der Waals surface area contributed by atoms with Crippen molar-refractivity contribution in [2.45, 2.75) is 122 Å². The molecule has 0 aromatic carbocycles. The Morgan fingerprint density at radius 1 is 0.952 bits per heavy atom. The number of hydrogen-bond acceptors (Lipinski definition) is 18. The summed E-state index contributed by atoms with van der Waals surface area (Å²) >= 11 is 1.15. The zero-order chi connectivity index (χ0) is 46.8. The molecule has 2 aromatic heterocycles. The van der Waals surface area contributed by atoms with Crippen molar-refractivity contribution in [3.63, 3.8) is 0 Å². The van der Waals surface area contributed by atoms with Crippen LogP contribution in [0.15, 0.2) is 24.8 Å². The second-order valence-electron chi connectivity index (χ2n) is 15.2. The van der Waals surface area contributed by atoms with Gasteiger partial charge in [-0.2, -0.15) is 4.31 Å². The summed E-state index contributed by atoms with van der Waals surface area (Å²) in [6.07, 6.45) is 7.92. The van der Waals surface area contributed by atoms with E-state index in [0.717, 1.165) is 67.5 Å². The average Bonchev–Trinajstić information content (AvgIpc) is 3.76. The molecule has 24 nitrogen and oxygen atoms in total. The van der Waals surface area contributed by atoms with Crippen molar-refractivity contribution in [1.29, 1.82) is 0 Å². The first-order chi connectivity index (χ1) is 29.6. The van der Waals surface area contributed by atoms with Crippen molar-refractivity contribution in [1.82, 2.24) is 30.2 Å². The zero-order valence-electron chi connectivity index (χ0n) is 35.3. The third-order valence-corrected chi connectivity index (χ3v) is 13.5. The predicted octanol–water partition coefficient (Wildman–Crippen LogP) is 3.14. The molecule has 0 bridgehead atoms. The minimum atomic E-state index is -5.57. The minimum absolute atomic E-state index is 0.0327. The molecule has 1 aliphatic rings. The third-order valence-electron chi connectivity index (χ3n) is 9.42. The molecule has 358 valence electrons. The van der Waals surface area contributed by atoms with Gasteiger partial charge in [-0.1, -0.05) is 76.8 Å². The molecule has 0 spiro atoms. The number of hydrogen-bond donors (Lipinski definition) is 9. The number of nitrogens with two attached hydrogens (primary N) is 1. The number of nitrogens with one attached hydrogen (secondary N) is 2. The number of thioether (sulfide) groups is 1. The molecule has 28 heteroatoms. The van der Waals surface area contributed by atoms with Gasteiger partial charge in [0.2, 0.25) is 11.8 Å². The maximum absolute atomic E-state index is 12.7. The van der Waals surface area contributed by atoms with Crippen LogP contribution in [-0.4, -0.2) is 123 Å². The van der Waals surface area contributed by atoms with Crippen LogP contribution in [0.4, 0.5) is 5.82 Å². The normalized spacial score (nSPS) is 20.7. The number of aromatic nitrogens is 4. The first-order valence-corrected chi connectivity index (χ1v) is 25.8. The zero-order valence-corrected chi connectivity index (χ0v) is 38.8. The van der Waals surface area contributed by atoms with Crippen LogP contribution in [0.5, 0.6) is 0 Å². The minimum Gasteiger partial charge on any atom is -0.386 e. The average molecular weight is 976 g/mol. The smallest absolute Gasteiger partial charge is 0.386 e. The molecule has 1 saturated heterocycles. The van der Waals surface area contributed by atoms with Gasteiger partial charge in [0.15, 0.2) is 22.8 Å². The molecule has 10 N–H and O–H groups in total. The Morgan fingerprint density at radius 3 is 2.30 bits per heavy atom. The predicted molar refractivity (Wildman–Crippen MR) is 228 cm³/mol. The molecule has 2 unspecified atom stereocenters. The van der Waals surface area contributed by atoms with E-state index in [0.29, 0.717) is 12.2 Å². The number of carbonyl (C=O) groups excluding carboxylic acids is 3. The molecule has 2 amide bonds. The molecule has 0 radical (unpaired) electrons. The number of rotatable bonds is 30. The number of allylic oxidation sites excluding steroid dienone is 2. The standard InChI is InChI=1S/C35H60N7O17P3S/c1-4-5-6-7-8-9-10-11-12-13-14-15-26(44)63-19-18-37-25(43)16-17-38-33(47)30(46)35(2,3)21-56-62(53,54)59-61(51,52)55-20-24-29(58-60(48,49)50)28(45)34(57-24)42-23-41-27-31(36)39-22-40-32(27)42/h5-6,22-24,28-30,34,45-46H,4,7-21H2,1-3H3,(H,37,43)(H,38,47)(H,51,52)(H,53,54)(H2,36,39,40)(H2,48,49,50)/b6-5-/t24-,28-,29-,30+,34-/m1/s1. The van der Waals surface area contributed by atoms with Crippen LogP contribution in [0.25, 0.3) is 11.2 Å². The number of nitrogens with zero attached hydrogens (tertiary/aromatic N) is 4. The van der Waals surface area contributed by atoms with E-state index in [2.05, 4.69) is 53.5 Å². The molecule has 0 saturated carbocycles. The van der Waals surface area contributed by atoms with Crippen LogP contribution in [0.2, 0.25) is 0 Å². The van der Waals surface area contributed by atoms with Crippen LogP contribution in [0, 0.1) is 5.41 Å². The fourth-order valence-electron chi connectivity index (χ4n) is 6.07. The number of fused-ring (bicyclic) bond motifs is 1. The molecule has 3 heterocycles. The highest BCUT2D eigenvalue weighted by Crippen LogP contribution is 2.61. The molecule has 1 fully saturated rings. The van der Waals surface area contributed by atoms with Gasteiger partial charge < -0.3 is 50.9 Å². The van der Waals surface area contributed by atoms with E-state index in [-0.39, 0.29) is 41.6 Å². The van der Waals surface area contributed by atoms with Crippen molar-refractivity contribution in [2.75, 3.05) is 37.8 Å². The lowest BCUT2D eigenvalue weighted by Gasteiger charge is -2.30. The number of carbonyl (C=O) groups is 3. The summed E-state index contributed by atoms with van der Waals surface area (Å²) in [6.45, 7) is 2.69. The lowest BCUT2D eigenvalue weighted by molar-refractivity contribution is -0.137. The first-order valence-electron chi connectivity index (χ1n) is 20.3. The number of phosphoric acid groups is 3. The van der Waals surface area contributed by atoms with E-state index < -0.39 is 84.6 Å². The lowest BCUT2D eigenvalue weighted by atomic mass is 9.87. The number of unbranched alkanes of at least 4 members (excludes halogenated alkanes) is 7. The molecule has 0 aliphatic carbocycles. The number of amides is 2. The van der Waals surface area contributed by atoms with Crippen LogP contribution < -0.4 is 16.4 Å². The van der Waals surface area contributed by atoms with Crippen LogP contribution in [0.3, 0.4) is 0 Å². The van der Waals surface area contributed by atoms with E-state index in [1.165, 1.54) is 33.1 Å². The lowest BCUT2D eigenvalue weighted by Crippen LogP contribution is -2.46. The van der Waals surface area contributed by atoms with E-state index in [1.54, 1.807) is 0 Å². The maximum atomic E-state index is 12.7. The monoisotopic (exact) mass is 975 g/mol. The van der Waals surface area contributed by atoms with Gasteiger partial charge in [0, 0.05) is 37.1 Å². The fourth-order valence-corrected chi connectivity index (χ4v) is 9.62. The van der Waals surface area contributed by atoms with Crippen molar-refractivity contribution in [3.05, 3.63) is 24.8 Å². The Morgan fingerprint density at radius 2 is 1.62 bits per heavy atom. The van der Waals surface area contributed by atoms with Gasteiger partial charge >= 0.3 is 23.5 Å². The van der Waals surface area contributed by atoms with E-state index >= 15 is 0 Å². The Balaban J connectivity index is 1.36.